The maximum absolute atomic E-state index is 12.9. The summed E-state index contributed by atoms with van der Waals surface area (Å²) in [5, 5.41) is 2.59. The van der Waals surface area contributed by atoms with E-state index in [0.29, 0.717) is 18.5 Å². The molecule has 3 rings (SSSR count). The molecule has 144 valence electrons. The van der Waals surface area contributed by atoms with E-state index in [1.54, 1.807) is 4.90 Å². The molecule has 0 saturated carbocycles. The maximum atomic E-state index is 12.9. The average Bonchev–Trinajstić information content (AvgIpc) is 3.04. The zero-order chi connectivity index (χ0) is 19.4. The molecule has 1 N–H and O–H groups in total. The first-order chi connectivity index (χ1) is 13.1. The van der Waals surface area contributed by atoms with E-state index in [2.05, 4.69) is 10.2 Å². The molecule has 7 nitrogen and oxygen atoms in total. The van der Waals surface area contributed by atoms with Crippen molar-refractivity contribution in [2.24, 2.45) is 5.92 Å². The number of nitrogens with zero attached hydrogens (tertiary/aromatic N) is 2. The van der Waals surface area contributed by atoms with Crippen molar-refractivity contribution in [2.75, 3.05) is 25.0 Å². The number of aldehydes is 2. The number of piperidine rings is 1. The third kappa shape index (κ3) is 3.86. The fraction of sp³-hybridized carbons (Fsp3) is 0.500. The van der Waals surface area contributed by atoms with Gasteiger partial charge in [0.1, 0.15) is 18.6 Å². The number of carbonyl (C=O) groups is 4. The lowest BCUT2D eigenvalue weighted by Crippen LogP contribution is -2.46. The number of hydrogen-bond acceptors (Lipinski definition) is 5. The van der Waals surface area contributed by atoms with Crippen molar-refractivity contribution in [3.63, 3.8) is 0 Å². The van der Waals surface area contributed by atoms with Gasteiger partial charge in [-0.3, -0.25) is 9.59 Å². The lowest BCUT2D eigenvalue weighted by Gasteiger charge is -2.31. The second kappa shape index (κ2) is 8.33. The minimum absolute atomic E-state index is 0.124. The van der Waals surface area contributed by atoms with E-state index in [9.17, 15) is 19.2 Å². The number of carbonyl (C=O) groups excluding carboxylic acids is 4. The first kappa shape index (κ1) is 19.1. The number of hydrogen-bond donors (Lipinski definition) is 1. The molecule has 1 aromatic rings. The average molecular weight is 371 g/mol. The molecule has 0 aliphatic carbocycles. The second-order valence-corrected chi connectivity index (χ2v) is 7.11. The Bertz CT molecular complexity index is 741. The normalized spacial score (nSPS) is 18.2. The zero-order valence-electron chi connectivity index (χ0n) is 15.5. The number of rotatable bonds is 7. The summed E-state index contributed by atoms with van der Waals surface area (Å²) in [5.74, 6) is -0.303. The van der Waals surface area contributed by atoms with Crippen LogP contribution in [0.5, 0.6) is 0 Å². The van der Waals surface area contributed by atoms with Gasteiger partial charge in [-0.25, -0.2) is 0 Å². The van der Waals surface area contributed by atoms with Crippen LogP contribution in [0.1, 0.15) is 41.6 Å². The Kier molecular flexibility index (Phi) is 5.88. The molecule has 7 heteroatoms. The Labute approximate surface area is 158 Å². The first-order valence-electron chi connectivity index (χ1n) is 9.38. The van der Waals surface area contributed by atoms with Gasteiger partial charge < -0.3 is 24.7 Å². The Morgan fingerprint density at radius 1 is 1.30 bits per heavy atom. The minimum Gasteiger partial charge on any atom is -0.371 e. The van der Waals surface area contributed by atoms with Gasteiger partial charge in [0.15, 0.2) is 0 Å². The molecule has 0 radical (unpaired) electrons. The Morgan fingerprint density at radius 3 is 2.67 bits per heavy atom. The molecular formula is C20H25N3O4. The van der Waals surface area contributed by atoms with Crippen LogP contribution in [0.3, 0.4) is 0 Å². The van der Waals surface area contributed by atoms with Crippen LogP contribution < -0.4 is 10.2 Å². The number of likely N-dealkylation sites (N-methyl/N-ethyl adjacent to an activating group) is 1. The highest BCUT2D eigenvalue weighted by Crippen LogP contribution is 2.31. The Morgan fingerprint density at radius 2 is 2.04 bits per heavy atom. The van der Waals surface area contributed by atoms with Crippen molar-refractivity contribution in [1.29, 1.82) is 0 Å². The van der Waals surface area contributed by atoms with E-state index in [0.717, 1.165) is 49.8 Å². The van der Waals surface area contributed by atoms with E-state index in [1.807, 2.05) is 18.2 Å². The fourth-order valence-corrected chi connectivity index (χ4v) is 3.87. The van der Waals surface area contributed by atoms with E-state index in [-0.39, 0.29) is 24.2 Å². The highest BCUT2D eigenvalue weighted by Gasteiger charge is 2.36. The van der Waals surface area contributed by atoms with Gasteiger partial charge in [0.2, 0.25) is 5.91 Å². The molecular weight excluding hydrogens is 346 g/mol. The van der Waals surface area contributed by atoms with Gasteiger partial charge in [-0.15, -0.1) is 0 Å². The molecule has 0 bridgehead atoms. The molecule has 0 spiro atoms. The summed E-state index contributed by atoms with van der Waals surface area (Å²) in [5.41, 5.74) is 2.48. The van der Waals surface area contributed by atoms with Crippen LogP contribution in [0.4, 0.5) is 5.69 Å². The third-order valence-electron chi connectivity index (χ3n) is 5.51. The summed E-state index contributed by atoms with van der Waals surface area (Å²) in [7, 11) is 1.53. The van der Waals surface area contributed by atoms with Gasteiger partial charge in [-0.2, -0.15) is 0 Å². The lowest BCUT2D eigenvalue weighted by atomic mass is 9.97. The lowest BCUT2D eigenvalue weighted by molar-refractivity contribution is -0.125. The van der Waals surface area contributed by atoms with Crippen LogP contribution in [-0.4, -0.2) is 55.5 Å². The van der Waals surface area contributed by atoms with E-state index in [1.165, 1.54) is 7.05 Å². The molecule has 2 aliphatic heterocycles. The standard InChI is InChI=1S/C20H25N3O4/c1-21-19(26)18(3-2-10-24)23-12-15-4-5-16(11-17(15)20(23)27)22-8-6-14(13-25)7-9-22/h4-5,10-11,13-14,18H,2-3,6-9,12H2,1H3,(H,21,26). The highest BCUT2D eigenvalue weighted by atomic mass is 16.2. The molecule has 1 unspecified atom stereocenters. The zero-order valence-corrected chi connectivity index (χ0v) is 15.5. The van der Waals surface area contributed by atoms with Crippen molar-refractivity contribution in [1.82, 2.24) is 10.2 Å². The molecule has 2 amide bonds. The summed E-state index contributed by atoms with van der Waals surface area (Å²) >= 11 is 0. The van der Waals surface area contributed by atoms with Crippen molar-refractivity contribution in [2.45, 2.75) is 38.3 Å². The molecule has 1 saturated heterocycles. The molecule has 0 aromatic heterocycles. The summed E-state index contributed by atoms with van der Waals surface area (Å²) in [6, 6.07) is 5.18. The quantitative estimate of drug-likeness (QED) is 0.727. The molecule has 2 aliphatic rings. The predicted octanol–water partition coefficient (Wildman–Crippen LogP) is 1.15. The van der Waals surface area contributed by atoms with Crippen LogP contribution in [0.25, 0.3) is 0 Å². The third-order valence-corrected chi connectivity index (χ3v) is 5.51. The monoisotopic (exact) mass is 371 g/mol. The van der Waals surface area contributed by atoms with Crippen molar-refractivity contribution >= 4 is 30.1 Å². The van der Waals surface area contributed by atoms with Crippen LogP contribution >= 0.6 is 0 Å². The SMILES string of the molecule is CNC(=O)C(CCC=O)N1Cc2ccc(N3CCC(C=O)CC3)cc2C1=O. The van der Waals surface area contributed by atoms with Crippen molar-refractivity contribution < 1.29 is 19.2 Å². The van der Waals surface area contributed by atoms with Gasteiger partial charge in [-0.05, 0) is 37.0 Å². The van der Waals surface area contributed by atoms with Crippen LogP contribution in [-0.2, 0) is 20.9 Å². The molecule has 1 aromatic carbocycles. The molecule has 1 atom stereocenters. The van der Waals surface area contributed by atoms with Crippen molar-refractivity contribution in [3.8, 4) is 0 Å². The summed E-state index contributed by atoms with van der Waals surface area (Å²) in [6.45, 7) is 1.96. The minimum atomic E-state index is -0.646. The smallest absolute Gasteiger partial charge is 0.255 e. The second-order valence-electron chi connectivity index (χ2n) is 7.11. The summed E-state index contributed by atoms with van der Waals surface area (Å²) in [6.07, 6.45) is 3.99. The Hall–Kier alpha value is -2.70. The van der Waals surface area contributed by atoms with Gasteiger partial charge in [0.05, 0.1) is 0 Å². The number of benzene rings is 1. The predicted molar refractivity (Wildman–Crippen MR) is 100 cm³/mol. The summed E-state index contributed by atoms with van der Waals surface area (Å²) in [4.78, 5) is 50.6. The van der Waals surface area contributed by atoms with Gasteiger partial charge in [0.25, 0.3) is 5.91 Å². The van der Waals surface area contributed by atoms with Crippen LogP contribution in [0.2, 0.25) is 0 Å². The van der Waals surface area contributed by atoms with E-state index in [4.69, 9.17) is 0 Å². The number of nitrogens with one attached hydrogen (secondary N) is 1. The van der Waals surface area contributed by atoms with Crippen molar-refractivity contribution in [3.05, 3.63) is 29.3 Å². The first-order valence-corrected chi connectivity index (χ1v) is 9.38. The van der Waals surface area contributed by atoms with E-state index < -0.39 is 6.04 Å². The fourth-order valence-electron chi connectivity index (χ4n) is 3.87. The number of fused-ring (bicyclic) bond motifs is 1. The Balaban J connectivity index is 1.78. The van der Waals surface area contributed by atoms with Gasteiger partial charge in [0, 0.05) is 50.3 Å². The maximum Gasteiger partial charge on any atom is 0.255 e. The van der Waals surface area contributed by atoms with E-state index >= 15 is 0 Å². The van der Waals surface area contributed by atoms with Gasteiger partial charge in [-0.1, -0.05) is 6.07 Å². The molecule has 1 fully saturated rings. The topological polar surface area (TPSA) is 86.8 Å². The number of anilines is 1. The molecule has 2 heterocycles. The number of amides is 2. The highest BCUT2D eigenvalue weighted by molar-refractivity contribution is 6.02. The largest absolute Gasteiger partial charge is 0.371 e. The van der Waals surface area contributed by atoms with Crippen LogP contribution in [0.15, 0.2) is 18.2 Å². The summed E-state index contributed by atoms with van der Waals surface area (Å²) < 4.78 is 0. The van der Waals surface area contributed by atoms with Gasteiger partial charge >= 0.3 is 0 Å². The van der Waals surface area contributed by atoms with Crippen LogP contribution in [0, 0.1) is 5.92 Å². The molecule has 27 heavy (non-hydrogen) atoms.